The van der Waals surface area contributed by atoms with Crippen molar-refractivity contribution >= 4 is 11.8 Å². The fraction of sp³-hybridized carbons (Fsp3) is 0.529. The normalized spacial score (nSPS) is 13.3. The molecule has 2 amide bonds. The average Bonchev–Trinajstić information content (AvgIpc) is 2.53. The molecule has 1 aromatic carbocycles. The first kappa shape index (κ1) is 17.2. The summed E-state index contributed by atoms with van der Waals surface area (Å²) in [6.45, 7) is 3.84. The Morgan fingerprint density at radius 2 is 1.81 bits per heavy atom. The quantitative estimate of drug-likeness (QED) is 0.771. The van der Waals surface area contributed by atoms with Crippen molar-refractivity contribution in [3.63, 3.8) is 0 Å². The Hall–Kier alpha value is -1.84. The minimum atomic E-state index is -0.444. The van der Waals surface area contributed by atoms with E-state index in [0.29, 0.717) is 6.42 Å². The van der Waals surface area contributed by atoms with Gasteiger partial charge >= 0.3 is 0 Å². The van der Waals surface area contributed by atoms with Crippen LogP contribution in [0.5, 0.6) is 0 Å². The minimum absolute atomic E-state index is 0.0502. The van der Waals surface area contributed by atoms with E-state index in [1.54, 1.807) is 7.05 Å². The number of carbonyl (C=O) groups is 2. The number of benzene rings is 1. The smallest absolute Gasteiger partial charge is 0.242 e. The molecular formula is C17H26N2O2. The third-order valence-corrected chi connectivity index (χ3v) is 3.74. The molecule has 4 heteroatoms. The van der Waals surface area contributed by atoms with Crippen molar-refractivity contribution < 1.29 is 9.59 Å². The number of hydrogen-bond acceptors (Lipinski definition) is 2. The van der Waals surface area contributed by atoms with Crippen LogP contribution in [0.15, 0.2) is 30.3 Å². The van der Waals surface area contributed by atoms with Crippen molar-refractivity contribution in [2.24, 2.45) is 5.92 Å². The van der Waals surface area contributed by atoms with Gasteiger partial charge in [0, 0.05) is 13.0 Å². The molecule has 1 aromatic rings. The lowest BCUT2D eigenvalue weighted by Crippen LogP contribution is -2.47. The summed E-state index contributed by atoms with van der Waals surface area (Å²) in [7, 11) is 1.60. The van der Waals surface area contributed by atoms with E-state index in [1.165, 1.54) is 5.56 Å². The van der Waals surface area contributed by atoms with Crippen LogP contribution in [-0.2, 0) is 16.0 Å². The maximum Gasteiger partial charge on any atom is 0.242 e. The van der Waals surface area contributed by atoms with Gasteiger partial charge in [-0.05, 0) is 31.2 Å². The van der Waals surface area contributed by atoms with Gasteiger partial charge in [-0.15, -0.1) is 0 Å². The van der Waals surface area contributed by atoms with Crippen molar-refractivity contribution in [3.8, 4) is 0 Å². The molecule has 2 atom stereocenters. The van der Waals surface area contributed by atoms with E-state index in [-0.39, 0.29) is 17.7 Å². The van der Waals surface area contributed by atoms with Crippen LogP contribution in [0.3, 0.4) is 0 Å². The summed E-state index contributed by atoms with van der Waals surface area (Å²) in [6, 6.07) is 9.72. The predicted molar refractivity (Wildman–Crippen MR) is 84.8 cm³/mol. The summed E-state index contributed by atoms with van der Waals surface area (Å²) < 4.78 is 0. The lowest BCUT2D eigenvalue weighted by Gasteiger charge is -2.19. The maximum absolute atomic E-state index is 11.9. The van der Waals surface area contributed by atoms with Crippen LogP contribution in [0.25, 0.3) is 0 Å². The Balaban J connectivity index is 2.50. The summed E-state index contributed by atoms with van der Waals surface area (Å²) in [5.74, 6) is -0.239. The molecule has 0 aliphatic carbocycles. The highest BCUT2D eigenvalue weighted by Crippen LogP contribution is 2.08. The first-order chi connectivity index (χ1) is 10.1. The Kier molecular flexibility index (Phi) is 7.51. The molecule has 0 bridgehead atoms. The second-order valence-corrected chi connectivity index (χ2v) is 5.36. The molecule has 4 nitrogen and oxygen atoms in total. The van der Waals surface area contributed by atoms with Crippen molar-refractivity contribution in [1.82, 2.24) is 10.6 Å². The molecular weight excluding hydrogens is 264 g/mol. The van der Waals surface area contributed by atoms with Gasteiger partial charge < -0.3 is 10.6 Å². The summed E-state index contributed by atoms with van der Waals surface area (Å²) >= 11 is 0. The van der Waals surface area contributed by atoms with Gasteiger partial charge in [0.25, 0.3) is 0 Å². The van der Waals surface area contributed by atoms with Crippen molar-refractivity contribution in [2.45, 2.75) is 45.6 Å². The average molecular weight is 290 g/mol. The Labute approximate surface area is 127 Å². The second kappa shape index (κ2) is 9.16. The second-order valence-electron chi connectivity index (χ2n) is 5.36. The molecule has 0 aromatic heterocycles. The molecule has 21 heavy (non-hydrogen) atoms. The van der Waals surface area contributed by atoms with E-state index in [9.17, 15) is 9.59 Å². The zero-order valence-corrected chi connectivity index (χ0v) is 13.2. The van der Waals surface area contributed by atoms with Crippen LogP contribution in [0.2, 0.25) is 0 Å². The molecule has 0 radical (unpaired) electrons. The van der Waals surface area contributed by atoms with Crippen LogP contribution in [0.4, 0.5) is 0 Å². The SMILES string of the molecule is CCC(C)C(=O)NC(CCCc1ccccc1)C(=O)NC. The number of aryl methyl sites for hydroxylation is 1. The maximum atomic E-state index is 11.9. The first-order valence-electron chi connectivity index (χ1n) is 7.64. The minimum Gasteiger partial charge on any atom is -0.357 e. The fourth-order valence-corrected chi connectivity index (χ4v) is 2.10. The van der Waals surface area contributed by atoms with Gasteiger partial charge in [-0.25, -0.2) is 0 Å². The fourth-order valence-electron chi connectivity index (χ4n) is 2.10. The van der Waals surface area contributed by atoms with Gasteiger partial charge in [0.1, 0.15) is 6.04 Å². The zero-order chi connectivity index (χ0) is 15.7. The van der Waals surface area contributed by atoms with Gasteiger partial charge in [-0.1, -0.05) is 44.2 Å². The highest BCUT2D eigenvalue weighted by atomic mass is 16.2. The lowest BCUT2D eigenvalue weighted by molar-refractivity contribution is -0.130. The Bertz CT molecular complexity index is 445. The predicted octanol–water partition coefficient (Wildman–Crippen LogP) is 2.29. The Morgan fingerprint density at radius 3 is 2.38 bits per heavy atom. The van der Waals surface area contributed by atoms with Crippen molar-refractivity contribution in [1.29, 1.82) is 0 Å². The van der Waals surface area contributed by atoms with Gasteiger partial charge in [0.05, 0.1) is 0 Å². The van der Waals surface area contributed by atoms with Crippen LogP contribution in [0.1, 0.15) is 38.7 Å². The zero-order valence-electron chi connectivity index (χ0n) is 13.2. The van der Waals surface area contributed by atoms with Crippen LogP contribution in [0, 0.1) is 5.92 Å². The van der Waals surface area contributed by atoms with Crippen LogP contribution in [-0.4, -0.2) is 24.9 Å². The molecule has 0 heterocycles. The third-order valence-electron chi connectivity index (χ3n) is 3.74. The molecule has 2 N–H and O–H groups in total. The Morgan fingerprint density at radius 1 is 1.14 bits per heavy atom. The molecule has 1 rings (SSSR count). The number of amides is 2. The van der Waals surface area contributed by atoms with Gasteiger partial charge in [-0.3, -0.25) is 9.59 Å². The molecule has 116 valence electrons. The van der Waals surface area contributed by atoms with E-state index in [4.69, 9.17) is 0 Å². The van der Waals surface area contributed by atoms with Crippen molar-refractivity contribution in [3.05, 3.63) is 35.9 Å². The standard InChI is InChI=1S/C17H26N2O2/c1-4-13(2)16(20)19-15(17(21)18-3)12-8-11-14-9-6-5-7-10-14/h5-7,9-10,13,15H,4,8,11-12H2,1-3H3,(H,18,21)(H,19,20). The van der Waals surface area contributed by atoms with Crippen LogP contribution < -0.4 is 10.6 Å². The van der Waals surface area contributed by atoms with E-state index in [0.717, 1.165) is 19.3 Å². The number of nitrogens with one attached hydrogen (secondary N) is 2. The molecule has 0 fully saturated rings. The number of carbonyl (C=O) groups excluding carboxylic acids is 2. The number of rotatable bonds is 8. The van der Waals surface area contributed by atoms with E-state index in [1.807, 2.05) is 32.0 Å². The van der Waals surface area contributed by atoms with Crippen LogP contribution >= 0.6 is 0 Å². The van der Waals surface area contributed by atoms with E-state index >= 15 is 0 Å². The largest absolute Gasteiger partial charge is 0.357 e. The highest BCUT2D eigenvalue weighted by Gasteiger charge is 2.21. The summed E-state index contributed by atoms with van der Waals surface area (Å²) in [4.78, 5) is 23.8. The van der Waals surface area contributed by atoms with Gasteiger partial charge in [-0.2, -0.15) is 0 Å². The number of likely N-dealkylation sites (N-methyl/N-ethyl adjacent to an activating group) is 1. The summed E-state index contributed by atoms with van der Waals surface area (Å²) in [5.41, 5.74) is 1.25. The monoisotopic (exact) mass is 290 g/mol. The molecule has 0 spiro atoms. The van der Waals surface area contributed by atoms with E-state index < -0.39 is 6.04 Å². The van der Waals surface area contributed by atoms with Gasteiger partial charge in [0.15, 0.2) is 0 Å². The third kappa shape index (κ3) is 5.98. The molecule has 0 aliphatic rings. The summed E-state index contributed by atoms with van der Waals surface area (Å²) in [5, 5.41) is 5.48. The number of hydrogen-bond donors (Lipinski definition) is 2. The molecule has 0 saturated heterocycles. The highest BCUT2D eigenvalue weighted by molar-refractivity contribution is 5.88. The lowest BCUT2D eigenvalue weighted by atomic mass is 10.0. The topological polar surface area (TPSA) is 58.2 Å². The van der Waals surface area contributed by atoms with Crippen molar-refractivity contribution in [2.75, 3.05) is 7.05 Å². The first-order valence-corrected chi connectivity index (χ1v) is 7.64. The van der Waals surface area contributed by atoms with Gasteiger partial charge in [0.2, 0.25) is 11.8 Å². The molecule has 0 saturated carbocycles. The molecule has 0 aliphatic heterocycles. The molecule has 2 unspecified atom stereocenters. The summed E-state index contributed by atoms with van der Waals surface area (Å²) in [6.07, 6.45) is 3.20. The van der Waals surface area contributed by atoms with E-state index in [2.05, 4.69) is 22.8 Å².